The largest absolute Gasteiger partial charge is 0.390 e. The van der Waals surface area contributed by atoms with Crippen LogP contribution in [-0.2, 0) is 17.7 Å². The first kappa shape index (κ1) is 20.8. The second-order valence-electron chi connectivity index (χ2n) is 8.47. The Labute approximate surface area is 179 Å². The van der Waals surface area contributed by atoms with Crippen LogP contribution in [0.25, 0.3) is 0 Å². The number of aliphatic hydroxyl groups is 1. The van der Waals surface area contributed by atoms with Crippen molar-refractivity contribution in [1.29, 1.82) is 0 Å². The number of piperidine rings is 1. The predicted octanol–water partition coefficient (Wildman–Crippen LogP) is 3.61. The maximum Gasteiger partial charge on any atom is 0.0822 e. The molecule has 2 fully saturated rings. The fraction of sp³-hybridized carbons (Fsp3) is 0.500. The first-order chi connectivity index (χ1) is 14.1. The number of aliphatic hydroxyl groups excluding tert-OH is 1. The van der Waals surface area contributed by atoms with E-state index in [9.17, 15) is 5.11 Å². The molecule has 0 saturated carbocycles. The molecule has 1 N–H and O–H groups in total. The number of halogens is 1. The molecular weight excluding hydrogens is 384 g/mol. The van der Waals surface area contributed by atoms with Crippen LogP contribution in [0.3, 0.4) is 0 Å². The van der Waals surface area contributed by atoms with Gasteiger partial charge in [-0.1, -0.05) is 54.1 Å². The number of β-amino-alcohol motifs (C(OH)–C–C–N with tert-alkyl or cyclic N) is 1. The van der Waals surface area contributed by atoms with E-state index in [-0.39, 0.29) is 24.3 Å². The van der Waals surface area contributed by atoms with Crippen LogP contribution in [-0.4, -0.2) is 65.4 Å². The van der Waals surface area contributed by atoms with E-state index < -0.39 is 0 Å². The second-order valence-corrected chi connectivity index (χ2v) is 8.91. The van der Waals surface area contributed by atoms with E-state index in [2.05, 4.69) is 53.1 Å². The van der Waals surface area contributed by atoms with E-state index in [0.717, 1.165) is 44.0 Å². The Balaban J connectivity index is 1.41. The van der Waals surface area contributed by atoms with Crippen LogP contribution in [0.5, 0.6) is 0 Å². The van der Waals surface area contributed by atoms with Crippen molar-refractivity contribution in [2.45, 2.75) is 50.6 Å². The maximum absolute atomic E-state index is 11.0. The second kappa shape index (κ2) is 9.59. The van der Waals surface area contributed by atoms with Crippen LogP contribution in [0.1, 0.15) is 24.5 Å². The van der Waals surface area contributed by atoms with Crippen molar-refractivity contribution in [3.8, 4) is 0 Å². The first-order valence-corrected chi connectivity index (χ1v) is 11.0. The summed E-state index contributed by atoms with van der Waals surface area (Å²) < 4.78 is 5.98. The third-order valence-corrected chi connectivity index (χ3v) is 6.45. The molecule has 2 aromatic rings. The summed E-state index contributed by atoms with van der Waals surface area (Å²) >= 11 is 6.04. The van der Waals surface area contributed by atoms with Gasteiger partial charge in [0.05, 0.1) is 18.8 Å². The van der Waals surface area contributed by atoms with Crippen LogP contribution in [0.2, 0.25) is 5.02 Å². The van der Waals surface area contributed by atoms with Crippen molar-refractivity contribution >= 4 is 11.6 Å². The van der Waals surface area contributed by atoms with Gasteiger partial charge in [-0.2, -0.15) is 0 Å². The summed E-state index contributed by atoms with van der Waals surface area (Å²) in [6.45, 7) is 6.34. The average Bonchev–Trinajstić information content (AvgIpc) is 2.72. The summed E-state index contributed by atoms with van der Waals surface area (Å²) in [5.74, 6) is 0. The van der Waals surface area contributed by atoms with Gasteiger partial charge in [0.2, 0.25) is 0 Å². The summed E-state index contributed by atoms with van der Waals surface area (Å²) in [6.07, 6.45) is 1.76. The molecule has 2 aliphatic rings. The fourth-order valence-corrected chi connectivity index (χ4v) is 4.83. The number of likely N-dealkylation sites (tertiary alicyclic amines) is 1. The lowest BCUT2D eigenvalue weighted by Crippen LogP contribution is -2.61. The van der Waals surface area contributed by atoms with Gasteiger partial charge in [-0.05, 0) is 43.0 Å². The Bertz CT molecular complexity index is 770. The monoisotopic (exact) mass is 414 g/mol. The number of nitrogens with zero attached hydrogens (tertiary/aromatic N) is 2. The quantitative estimate of drug-likeness (QED) is 0.810. The molecular formula is C24H31ClN2O2. The Morgan fingerprint density at radius 2 is 1.79 bits per heavy atom. The molecule has 4 rings (SSSR count). The van der Waals surface area contributed by atoms with Gasteiger partial charge in [-0.15, -0.1) is 0 Å². The minimum atomic E-state index is -0.342. The van der Waals surface area contributed by atoms with E-state index in [1.54, 1.807) is 0 Å². The summed E-state index contributed by atoms with van der Waals surface area (Å²) in [6, 6.07) is 19.1. The lowest BCUT2D eigenvalue weighted by Gasteiger charge is -2.48. The van der Waals surface area contributed by atoms with Crippen molar-refractivity contribution in [1.82, 2.24) is 9.80 Å². The molecule has 2 aromatic carbocycles. The molecule has 5 heteroatoms. The third kappa shape index (κ3) is 5.39. The van der Waals surface area contributed by atoms with Gasteiger partial charge in [0.1, 0.15) is 0 Å². The Morgan fingerprint density at radius 3 is 2.52 bits per heavy atom. The topological polar surface area (TPSA) is 35.9 Å². The zero-order chi connectivity index (χ0) is 20.2. The van der Waals surface area contributed by atoms with Crippen molar-refractivity contribution < 1.29 is 9.84 Å². The summed E-state index contributed by atoms with van der Waals surface area (Å²) in [7, 11) is 0. The van der Waals surface area contributed by atoms with E-state index in [1.165, 1.54) is 11.1 Å². The summed E-state index contributed by atoms with van der Waals surface area (Å²) in [5.41, 5.74) is 2.57. The molecule has 4 atom stereocenters. The van der Waals surface area contributed by atoms with Crippen LogP contribution in [0.4, 0.5) is 0 Å². The molecule has 4 nitrogen and oxygen atoms in total. The fourth-order valence-electron chi connectivity index (χ4n) is 4.70. The minimum Gasteiger partial charge on any atom is -0.390 e. The zero-order valence-corrected chi connectivity index (χ0v) is 17.8. The molecule has 2 unspecified atom stereocenters. The number of morpholine rings is 1. The molecule has 2 saturated heterocycles. The van der Waals surface area contributed by atoms with Crippen LogP contribution in [0, 0.1) is 0 Å². The Kier molecular flexibility index (Phi) is 6.88. The lowest BCUT2D eigenvalue weighted by molar-refractivity contribution is -0.107. The smallest absolute Gasteiger partial charge is 0.0822 e. The van der Waals surface area contributed by atoms with Crippen molar-refractivity contribution in [2.75, 3.05) is 26.2 Å². The van der Waals surface area contributed by atoms with E-state index in [1.807, 2.05) is 18.2 Å². The Hall–Kier alpha value is -1.43. The van der Waals surface area contributed by atoms with Gasteiger partial charge in [0.15, 0.2) is 0 Å². The molecule has 2 heterocycles. The molecule has 0 bridgehead atoms. The summed E-state index contributed by atoms with van der Waals surface area (Å²) in [5, 5.41) is 11.8. The molecule has 0 radical (unpaired) electrons. The van der Waals surface area contributed by atoms with Crippen LogP contribution in [0.15, 0.2) is 54.6 Å². The normalized spacial score (nSPS) is 29.1. The van der Waals surface area contributed by atoms with Crippen molar-refractivity contribution in [3.05, 3.63) is 70.7 Å². The highest BCUT2D eigenvalue weighted by atomic mass is 35.5. The standard InChI is InChI=1S/C24H31ClN2O2/c1-18-14-27(22(17-29-18)13-19-7-9-21(25)10-8-19)23-11-12-26(16-24(23)28)15-20-5-3-2-4-6-20/h2-10,18,22-24,28H,11-17H2,1H3/t18-,22?,23?,24-/m0/s1. The Morgan fingerprint density at radius 1 is 1.03 bits per heavy atom. The van der Waals surface area contributed by atoms with Gasteiger partial charge >= 0.3 is 0 Å². The molecule has 0 aliphatic carbocycles. The number of hydrogen-bond donors (Lipinski definition) is 1. The highest BCUT2D eigenvalue weighted by molar-refractivity contribution is 6.30. The lowest BCUT2D eigenvalue weighted by atomic mass is 9.94. The van der Waals surface area contributed by atoms with Gasteiger partial charge in [0.25, 0.3) is 0 Å². The predicted molar refractivity (Wildman–Crippen MR) is 117 cm³/mol. The van der Waals surface area contributed by atoms with Gasteiger partial charge in [-0.3, -0.25) is 9.80 Å². The van der Waals surface area contributed by atoms with Crippen molar-refractivity contribution in [3.63, 3.8) is 0 Å². The van der Waals surface area contributed by atoms with E-state index in [0.29, 0.717) is 6.61 Å². The van der Waals surface area contributed by atoms with Gasteiger partial charge < -0.3 is 9.84 Å². The highest BCUT2D eigenvalue weighted by Gasteiger charge is 2.38. The minimum absolute atomic E-state index is 0.186. The van der Waals surface area contributed by atoms with Gasteiger partial charge in [0, 0.05) is 43.3 Å². The van der Waals surface area contributed by atoms with E-state index >= 15 is 0 Å². The molecule has 0 aromatic heterocycles. The molecule has 2 aliphatic heterocycles. The first-order valence-electron chi connectivity index (χ1n) is 10.6. The molecule has 0 spiro atoms. The number of rotatable bonds is 5. The molecule has 0 amide bonds. The zero-order valence-electron chi connectivity index (χ0n) is 17.1. The van der Waals surface area contributed by atoms with Crippen LogP contribution < -0.4 is 0 Å². The average molecular weight is 415 g/mol. The number of ether oxygens (including phenoxy) is 1. The number of benzene rings is 2. The van der Waals surface area contributed by atoms with E-state index in [4.69, 9.17) is 16.3 Å². The van der Waals surface area contributed by atoms with Gasteiger partial charge in [-0.25, -0.2) is 0 Å². The third-order valence-electron chi connectivity index (χ3n) is 6.20. The maximum atomic E-state index is 11.0. The SMILES string of the molecule is C[C@H]1CN(C2CCN(Cc3ccccc3)C[C@@H]2O)C(Cc2ccc(Cl)cc2)CO1. The highest BCUT2D eigenvalue weighted by Crippen LogP contribution is 2.26. The van der Waals surface area contributed by atoms with Crippen LogP contribution >= 0.6 is 11.6 Å². The number of hydrogen-bond acceptors (Lipinski definition) is 4. The summed E-state index contributed by atoms with van der Waals surface area (Å²) in [4.78, 5) is 4.88. The molecule has 29 heavy (non-hydrogen) atoms. The van der Waals surface area contributed by atoms with Crippen molar-refractivity contribution in [2.24, 2.45) is 0 Å². The molecule has 156 valence electrons.